The quantitative estimate of drug-likeness (QED) is 0.751. The van der Waals surface area contributed by atoms with Gasteiger partial charge in [0, 0.05) is 29.4 Å². The van der Waals surface area contributed by atoms with Crippen molar-refractivity contribution in [3.63, 3.8) is 0 Å². The van der Waals surface area contributed by atoms with Crippen LogP contribution in [0.5, 0.6) is 0 Å². The molecule has 2 aromatic carbocycles. The van der Waals surface area contributed by atoms with E-state index in [1.807, 2.05) is 36.4 Å². The standard InChI is InChI=1S/C20H19N3O/c1-13(24)21-14-6-4-7-15(12-14)22-20-16-8-2-3-10-18(16)23-19-11-5-9-17(19)20/h2-4,6-8,10,12H,5,9,11H2,1H3,(H,21,24)(H,22,23). The van der Waals surface area contributed by atoms with Crippen LogP contribution in [0, 0.1) is 0 Å². The first-order valence-electron chi connectivity index (χ1n) is 8.26. The molecule has 4 nitrogen and oxygen atoms in total. The second-order valence-corrected chi connectivity index (χ2v) is 6.17. The molecular formula is C20H19N3O. The topological polar surface area (TPSA) is 54.0 Å². The Bertz CT molecular complexity index is 933. The molecule has 0 spiro atoms. The molecule has 4 rings (SSSR count). The number of aromatic nitrogens is 1. The molecular weight excluding hydrogens is 298 g/mol. The molecule has 2 N–H and O–H groups in total. The number of aryl methyl sites for hydroxylation is 1. The summed E-state index contributed by atoms with van der Waals surface area (Å²) in [5.74, 6) is -0.0672. The molecule has 0 saturated heterocycles. The summed E-state index contributed by atoms with van der Waals surface area (Å²) in [5.41, 5.74) is 6.45. The van der Waals surface area contributed by atoms with Gasteiger partial charge in [-0.25, -0.2) is 0 Å². The minimum Gasteiger partial charge on any atom is -0.355 e. The summed E-state index contributed by atoms with van der Waals surface area (Å²) in [7, 11) is 0. The minimum absolute atomic E-state index is 0.0672. The van der Waals surface area contributed by atoms with Crippen molar-refractivity contribution in [2.75, 3.05) is 10.6 Å². The van der Waals surface area contributed by atoms with Gasteiger partial charge in [-0.2, -0.15) is 0 Å². The summed E-state index contributed by atoms with van der Waals surface area (Å²) in [5, 5.41) is 7.54. The fourth-order valence-corrected chi connectivity index (χ4v) is 3.38. The van der Waals surface area contributed by atoms with Crippen LogP contribution < -0.4 is 10.6 Å². The smallest absolute Gasteiger partial charge is 0.221 e. The number of rotatable bonds is 3. The number of benzene rings is 2. The van der Waals surface area contributed by atoms with E-state index in [0.29, 0.717) is 0 Å². The van der Waals surface area contributed by atoms with Crippen LogP contribution in [0.2, 0.25) is 0 Å². The van der Waals surface area contributed by atoms with Crippen molar-refractivity contribution < 1.29 is 4.79 Å². The lowest BCUT2D eigenvalue weighted by atomic mass is 10.1. The molecule has 0 radical (unpaired) electrons. The van der Waals surface area contributed by atoms with E-state index < -0.39 is 0 Å². The summed E-state index contributed by atoms with van der Waals surface area (Å²) >= 11 is 0. The maximum absolute atomic E-state index is 11.3. The number of pyridine rings is 1. The molecule has 1 heterocycles. The molecule has 0 unspecified atom stereocenters. The van der Waals surface area contributed by atoms with E-state index in [2.05, 4.69) is 22.8 Å². The third-order valence-electron chi connectivity index (χ3n) is 4.37. The lowest BCUT2D eigenvalue weighted by Crippen LogP contribution is -2.06. The van der Waals surface area contributed by atoms with Gasteiger partial charge in [0.1, 0.15) is 0 Å². The molecule has 24 heavy (non-hydrogen) atoms. The van der Waals surface area contributed by atoms with Gasteiger partial charge in [-0.1, -0.05) is 24.3 Å². The highest BCUT2D eigenvalue weighted by Gasteiger charge is 2.19. The van der Waals surface area contributed by atoms with Crippen molar-refractivity contribution in [3.8, 4) is 0 Å². The molecule has 0 bridgehead atoms. The molecule has 3 aromatic rings. The van der Waals surface area contributed by atoms with Gasteiger partial charge >= 0.3 is 0 Å². The van der Waals surface area contributed by atoms with Crippen molar-refractivity contribution in [2.45, 2.75) is 26.2 Å². The summed E-state index contributed by atoms with van der Waals surface area (Å²) in [6, 6.07) is 16.1. The summed E-state index contributed by atoms with van der Waals surface area (Å²) in [6.07, 6.45) is 3.25. The van der Waals surface area contributed by atoms with Crippen LogP contribution >= 0.6 is 0 Å². The lowest BCUT2D eigenvalue weighted by molar-refractivity contribution is -0.114. The number of carbonyl (C=O) groups excluding carboxylic acids is 1. The Balaban J connectivity index is 1.78. The molecule has 0 saturated carbocycles. The van der Waals surface area contributed by atoms with Crippen LogP contribution in [0.25, 0.3) is 10.9 Å². The first kappa shape index (κ1) is 14.7. The lowest BCUT2D eigenvalue weighted by Gasteiger charge is -2.15. The van der Waals surface area contributed by atoms with Gasteiger partial charge in [-0.3, -0.25) is 9.78 Å². The van der Waals surface area contributed by atoms with E-state index in [9.17, 15) is 4.79 Å². The van der Waals surface area contributed by atoms with Crippen molar-refractivity contribution in [3.05, 3.63) is 59.8 Å². The third-order valence-corrected chi connectivity index (χ3v) is 4.37. The van der Waals surface area contributed by atoms with Gasteiger partial charge in [0.15, 0.2) is 0 Å². The highest BCUT2D eigenvalue weighted by molar-refractivity contribution is 5.96. The van der Waals surface area contributed by atoms with Crippen molar-refractivity contribution in [1.29, 1.82) is 0 Å². The Morgan fingerprint density at radius 2 is 1.88 bits per heavy atom. The van der Waals surface area contributed by atoms with Crippen LogP contribution in [-0.2, 0) is 17.6 Å². The molecule has 0 atom stereocenters. The van der Waals surface area contributed by atoms with Gasteiger partial charge in [0.25, 0.3) is 0 Å². The molecule has 0 fully saturated rings. The number of fused-ring (bicyclic) bond motifs is 2. The number of hydrogen-bond acceptors (Lipinski definition) is 3. The molecule has 4 heteroatoms. The maximum atomic E-state index is 11.3. The number of hydrogen-bond donors (Lipinski definition) is 2. The fourth-order valence-electron chi connectivity index (χ4n) is 3.38. The zero-order valence-electron chi connectivity index (χ0n) is 13.6. The number of amides is 1. The van der Waals surface area contributed by atoms with E-state index in [4.69, 9.17) is 4.98 Å². The van der Waals surface area contributed by atoms with Gasteiger partial charge in [-0.05, 0) is 49.1 Å². The average molecular weight is 317 g/mol. The van der Waals surface area contributed by atoms with Gasteiger partial charge in [-0.15, -0.1) is 0 Å². The number of nitrogens with one attached hydrogen (secondary N) is 2. The Kier molecular flexibility index (Phi) is 3.65. The normalized spacial score (nSPS) is 12.9. The summed E-state index contributed by atoms with van der Waals surface area (Å²) < 4.78 is 0. The predicted molar refractivity (Wildman–Crippen MR) is 97.8 cm³/mol. The number of carbonyl (C=O) groups is 1. The molecule has 1 aliphatic carbocycles. The van der Waals surface area contributed by atoms with Crippen molar-refractivity contribution in [2.24, 2.45) is 0 Å². The van der Waals surface area contributed by atoms with Crippen LogP contribution in [0.4, 0.5) is 17.1 Å². The Morgan fingerprint density at radius 1 is 1.04 bits per heavy atom. The Hall–Kier alpha value is -2.88. The Labute approximate surface area is 140 Å². The zero-order chi connectivity index (χ0) is 16.5. The SMILES string of the molecule is CC(=O)Nc1cccc(Nc2c3c(nc4ccccc24)CCC3)c1. The first-order valence-corrected chi connectivity index (χ1v) is 8.26. The van der Waals surface area contributed by atoms with Gasteiger partial charge < -0.3 is 10.6 Å². The third kappa shape index (κ3) is 2.71. The maximum Gasteiger partial charge on any atom is 0.221 e. The largest absolute Gasteiger partial charge is 0.355 e. The number of nitrogens with zero attached hydrogens (tertiary/aromatic N) is 1. The van der Waals surface area contributed by atoms with E-state index >= 15 is 0 Å². The fraction of sp³-hybridized carbons (Fsp3) is 0.200. The van der Waals surface area contributed by atoms with Crippen molar-refractivity contribution >= 4 is 33.9 Å². The van der Waals surface area contributed by atoms with E-state index in [1.54, 1.807) is 0 Å². The monoisotopic (exact) mass is 317 g/mol. The van der Waals surface area contributed by atoms with E-state index in [0.717, 1.165) is 47.2 Å². The second-order valence-electron chi connectivity index (χ2n) is 6.17. The second kappa shape index (κ2) is 5.96. The molecule has 1 aliphatic rings. The zero-order valence-corrected chi connectivity index (χ0v) is 13.6. The predicted octanol–water partition coefficient (Wildman–Crippen LogP) is 4.43. The molecule has 1 amide bonds. The molecule has 0 aliphatic heterocycles. The summed E-state index contributed by atoms with van der Waals surface area (Å²) in [4.78, 5) is 16.1. The van der Waals surface area contributed by atoms with Crippen LogP contribution in [-0.4, -0.2) is 10.9 Å². The van der Waals surface area contributed by atoms with Gasteiger partial charge in [0.2, 0.25) is 5.91 Å². The van der Waals surface area contributed by atoms with Crippen LogP contribution in [0.15, 0.2) is 48.5 Å². The molecule has 120 valence electrons. The number of anilines is 3. The van der Waals surface area contributed by atoms with E-state index in [-0.39, 0.29) is 5.91 Å². The van der Waals surface area contributed by atoms with E-state index in [1.165, 1.54) is 18.2 Å². The average Bonchev–Trinajstić information content (AvgIpc) is 3.02. The number of para-hydroxylation sites is 1. The summed E-state index contributed by atoms with van der Waals surface area (Å²) in [6.45, 7) is 1.52. The van der Waals surface area contributed by atoms with Gasteiger partial charge in [0.05, 0.1) is 11.2 Å². The highest BCUT2D eigenvalue weighted by atomic mass is 16.1. The van der Waals surface area contributed by atoms with Crippen LogP contribution in [0.3, 0.4) is 0 Å². The first-order chi connectivity index (χ1) is 11.7. The van der Waals surface area contributed by atoms with Crippen LogP contribution in [0.1, 0.15) is 24.6 Å². The van der Waals surface area contributed by atoms with Crippen molar-refractivity contribution in [1.82, 2.24) is 4.98 Å². The Morgan fingerprint density at radius 3 is 2.75 bits per heavy atom. The molecule has 1 aromatic heterocycles. The highest BCUT2D eigenvalue weighted by Crippen LogP contribution is 2.36. The minimum atomic E-state index is -0.0672.